The molecule has 2 aromatic carbocycles. The summed E-state index contributed by atoms with van der Waals surface area (Å²) in [5.41, 5.74) is 4.33. The molecule has 3 aromatic rings. The molecule has 1 aliphatic heterocycles. The van der Waals surface area contributed by atoms with Crippen molar-refractivity contribution in [3.05, 3.63) is 95.3 Å². The molecule has 0 saturated heterocycles. The van der Waals surface area contributed by atoms with Gasteiger partial charge in [-0.1, -0.05) is 24.3 Å². The minimum absolute atomic E-state index is 0.262. The number of nitrogens with zero attached hydrogens (tertiary/aromatic N) is 2. The van der Waals surface area contributed by atoms with Gasteiger partial charge in [0.25, 0.3) is 0 Å². The van der Waals surface area contributed by atoms with E-state index >= 15 is 0 Å². The number of halogens is 2. The zero-order valence-corrected chi connectivity index (χ0v) is 14.7. The van der Waals surface area contributed by atoms with Crippen LogP contribution in [-0.2, 0) is 0 Å². The second kappa shape index (κ2) is 7.62. The molecule has 27 heavy (non-hydrogen) atoms. The van der Waals surface area contributed by atoms with E-state index in [2.05, 4.69) is 9.98 Å². The van der Waals surface area contributed by atoms with E-state index in [0.717, 1.165) is 41.8 Å². The van der Waals surface area contributed by atoms with Gasteiger partial charge < -0.3 is 0 Å². The van der Waals surface area contributed by atoms with Gasteiger partial charge in [-0.2, -0.15) is 0 Å². The molecule has 0 spiro atoms. The topological polar surface area (TPSA) is 25.2 Å². The number of aliphatic imine (C=N–C) groups is 1. The fourth-order valence-corrected chi connectivity index (χ4v) is 3.32. The van der Waals surface area contributed by atoms with Crippen molar-refractivity contribution in [2.75, 3.05) is 6.54 Å². The van der Waals surface area contributed by atoms with Crippen molar-refractivity contribution in [3.8, 4) is 11.1 Å². The van der Waals surface area contributed by atoms with Crippen LogP contribution in [0.15, 0.2) is 77.6 Å². The Morgan fingerprint density at radius 3 is 2.56 bits per heavy atom. The highest BCUT2D eigenvalue weighted by Gasteiger charge is 2.15. The number of aromatic nitrogens is 1. The minimum Gasteiger partial charge on any atom is -0.284 e. The molecule has 2 nitrogen and oxygen atoms in total. The Morgan fingerprint density at radius 2 is 1.74 bits per heavy atom. The highest BCUT2D eigenvalue weighted by molar-refractivity contribution is 6.15. The molecule has 0 aliphatic carbocycles. The van der Waals surface area contributed by atoms with Gasteiger partial charge in [-0.05, 0) is 60.4 Å². The molecule has 2 heterocycles. The largest absolute Gasteiger partial charge is 0.284 e. The van der Waals surface area contributed by atoms with Gasteiger partial charge in [-0.15, -0.1) is 0 Å². The lowest BCUT2D eigenvalue weighted by Crippen LogP contribution is -2.11. The monoisotopic (exact) mass is 360 g/mol. The van der Waals surface area contributed by atoms with Crippen LogP contribution in [0.3, 0.4) is 0 Å². The first-order valence-corrected chi connectivity index (χ1v) is 8.92. The fourth-order valence-electron chi connectivity index (χ4n) is 3.32. The Bertz CT molecular complexity index is 1020. The van der Waals surface area contributed by atoms with Gasteiger partial charge in [0.05, 0.1) is 5.71 Å². The summed E-state index contributed by atoms with van der Waals surface area (Å²) >= 11 is 0. The number of rotatable bonds is 3. The third-order valence-corrected chi connectivity index (χ3v) is 4.61. The van der Waals surface area contributed by atoms with Crippen molar-refractivity contribution in [3.63, 3.8) is 0 Å². The SMILES string of the molecule is Fc1ccccc1-c1cc(C=C2CCCN=C2c2cccnc2)ccc1F. The molecule has 0 unspecified atom stereocenters. The lowest BCUT2D eigenvalue weighted by atomic mass is 9.94. The first-order valence-electron chi connectivity index (χ1n) is 8.92. The van der Waals surface area contributed by atoms with Crippen molar-refractivity contribution < 1.29 is 8.78 Å². The zero-order valence-electron chi connectivity index (χ0n) is 14.7. The molecule has 1 aromatic heterocycles. The second-order valence-electron chi connectivity index (χ2n) is 6.46. The number of hydrogen-bond acceptors (Lipinski definition) is 2. The van der Waals surface area contributed by atoms with Gasteiger partial charge in [0.15, 0.2) is 0 Å². The molecular formula is C23H18F2N2. The van der Waals surface area contributed by atoms with E-state index in [1.54, 1.807) is 42.7 Å². The molecule has 134 valence electrons. The van der Waals surface area contributed by atoms with Gasteiger partial charge in [0, 0.05) is 35.6 Å². The standard InChI is InChI=1S/C23H18F2N2/c24-21-8-2-1-7-19(21)20-14-16(9-10-22(20)25)13-17-5-4-12-27-23(17)18-6-3-11-26-15-18/h1-3,6-11,13-15H,4-5,12H2. The predicted molar refractivity (Wildman–Crippen MR) is 105 cm³/mol. The molecular weight excluding hydrogens is 342 g/mol. The van der Waals surface area contributed by atoms with Crippen LogP contribution in [0.1, 0.15) is 24.0 Å². The highest BCUT2D eigenvalue weighted by Crippen LogP contribution is 2.28. The quantitative estimate of drug-likeness (QED) is 0.589. The van der Waals surface area contributed by atoms with Crippen LogP contribution >= 0.6 is 0 Å². The molecule has 0 N–H and O–H groups in total. The summed E-state index contributed by atoms with van der Waals surface area (Å²) in [6.45, 7) is 0.783. The van der Waals surface area contributed by atoms with Crippen LogP contribution in [0, 0.1) is 11.6 Å². The number of benzene rings is 2. The van der Waals surface area contributed by atoms with Gasteiger partial charge in [-0.3, -0.25) is 9.98 Å². The molecule has 0 amide bonds. The average molecular weight is 360 g/mol. The molecule has 4 rings (SSSR count). The van der Waals surface area contributed by atoms with E-state index in [9.17, 15) is 8.78 Å². The summed E-state index contributed by atoms with van der Waals surface area (Å²) in [5, 5.41) is 0. The van der Waals surface area contributed by atoms with Crippen LogP contribution in [0.2, 0.25) is 0 Å². The number of pyridine rings is 1. The van der Waals surface area contributed by atoms with Crippen molar-refractivity contribution in [2.45, 2.75) is 12.8 Å². The maximum absolute atomic E-state index is 14.3. The first-order chi connectivity index (χ1) is 13.2. The highest BCUT2D eigenvalue weighted by atomic mass is 19.1. The summed E-state index contributed by atoms with van der Waals surface area (Å²) in [4.78, 5) is 8.84. The van der Waals surface area contributed by atoms with Gasteiger partial charge in [0.1, 0.15) is 11.6 Å². The molecule has 0 atom stereocenters. The molecule has 1 aliphatic rings. The van der Waals surface area contributed by atoms with Crippen LogP contribution in [0.4, 0.5) is 8.78 Å². The first kappa shape index (κ1) is 17.3. The van der Waals surface area contributed by atoms with Crippen molar-refractivity contribution >= 4 is 11.8 Å². The van der Waals surface area contributed by atoms with E-state index in [-0.39, 0.29) is 11.1 Å². The fraction of sp³-hybridized carbons (Fsp3) is 0.130. The van der Waals surface area contributed by atoms with Crippen molar-refractivity contribution in [1.82, 2.24) is 4.98 Å². The zero-order chi connectivity index (χ0) is 18.6. The van der Waals surface area contributed by atoms with Gasteiger partial charge in [-0.25, -0.2) is 8.78 Å². The second-order valence-corrected chi connectivity index (χ2v) is 6.46. The molecule has 0 bridgehead atoms. The van der Waals surface area contributed by atoms with Crippen LogP contribution < -0.4 is 0 Å². The summed E-state index contributed by atoms with van der Waals surface area (Å²) in [6, 6.07) is 14.9. The normalized spacial score (nSPS) is 15.6. The van der Waals surface area contributed by atoms with Crippen molar-refractivity contribution in [2.24, 2.45) is 4.99 Å². The molecule has 0 fully saturated rings. The molecule has 0 radical (unpaired) electrons. The molecule has 0 saturated carbocycles. The Kier molecular flexibility index (Phi) is 4.88. The average Bonchev–Trinajstić information content (AvgIpc) is 2.71. The van der Waals surface area contributed by atoms with Crippen LogP contribution in [0.25, 0.3) is 17.2 Å². The Balaban J connectivity index is 1.76. The third kappa shape index (κ3) is 3.70. The Morgan fingerprint density at radius 1 is 0.889 bits per heavy atom. The predicted octanol–water partition coefficient (Wildman–Crippen LogP) is 5.69. The Hall–Kier alpha value is -3.14. The van der Waals surface area contributed by atoms with Crippen molar-refractivity contribution in [1.29, 1.82) is 0 Å². The summed E-state index contributed by atoms with van der Waals surface area (Å²) in [6.07, 6.45) is 7.40. The molecule has 4 heteroatoms. The number of hydrogen-bond donors (Lipinski definition) is 0. The maximum atomic E-state index is 14.3. The lowest BCUT2D eigenvalue weighted by Gasteiger charge is -2.16. The van der Waals surface area contributed by atoms with E-state index in [1.165, 1.54) is 12.1 Å². The van der Waals surface area contributed by atoms with E-state index < -0.39 is 11.6 Å². The summed E-state index contributed by atoms with van der Waals surface area (Å²) in [7, 11) is 0. The Labute approximate surface area is 156 Å². The lowest BCUT2D eigenvalue weighted by molar-refractivity contribution is 0.616. The summed E-state index contributed by atoms with van der Waals surface area (Å²) < 4.78 is 28.5. The summed E-state index contributed by atoms with van der Waals surface area (Å²) in [5.74, 6) is -0.872. The van der Waals surface area contributed by atoms with Gasteiger partial charge in [0.2, 0.25) is 0 Å². The van der Waals surface area contributed by atoms with Gasteiger partial charge >= 0.3 is 0 Å². The number of allylic oxidation sites excluding steroid dienone is 1. The minimum atomic E-state index is -0.438. The van der Waals surface area contributed by atoms with E-state index in [4.69, 9.17) is 0 Å². The van der Waals surface area contributed by atoms with E-state index in [1.807, 2.05) is 18.2 Å². The van der Waals surface area contributed by atoms with Crippen LogP contribution in [-0.4, -0.2) is 17.2 Å². The maximum Gasteiger partial charge on any atom is 0.131 e. The van der Waals surface area contributed by atoms with E-state index in [0.29, 0.717) is 0 Å². The smallest absolute Gasteiger partial charge is 0.131 e. The van der Waals surface area contributed by atoms with Crippen LogP contribution in [0.5, 0.6) is 0 Å². The third-order valence-electron chi connectivity index (χ3n) is 4.61.